The molecule has 1 aromatic carbocycles. The molecular formula is C16H14FN3O2. The van der Waals surface area contributed by atoms with Gasteiger partial charge >= 0.3 is 0 Å². The van der Waals surface area contributed by atoms with Crippen LogP contribution in [-0.2, 0) is 7.05 Å². The van der Waals surface area contributed by atoms with Crippen molar-refractivity contribution in [3.05, 3.63) is 78.0 Å². The maximum Gasteiger partial charge on any atom is 0.287 e. The molecule has 0 saturated heterocycles. The van der Waals surface area contributed by atoms with Crippen LogP contribution in [0.3, 0.4) is 0 Å². The number of nitrogens with one attached hydrogen (secondary N) is 1. The average molecular weight is 299 g/mol. The third-order valence-corrected chi connectivity index (χ3v) is 3.34. The van der Waals surface area contributed by atoms with Crippen LogP contribution < -0.4 is 5.32 Å². The number of hydrogen-bond acceptors (Lipinski definition) is 3. The summed E-state index contributed by atoms with van der Waals surface area (Å²) in [6.07, 6.45) is 4.86. The molecule has 1 atom stereocenters. The predicted octanol–water partition coefficient (Wildman–Crippen LogP) is 2.67. The van der Waals surface area contributed by atoms with E-state index in [1.165, 1.54) is 18.4 Å². The van der Waals surface area contributed by atoms with Gasteiger partial charge in [0.15, 0.2) is 5.76 Å². The molecule has 0 aliphatic heterocycles. The van der Waals surface area contributed by atoms with E-state index in [1.54, 1.807) is 41.2 Å². The van der Waals surface area contributed by atoms with Crippen LogP contribution in [0.25, 0.3) is 0 Å². The molecule has 2 aromatic heterocycles. The van der Waals surface area contributed by atoms with Gasteiger partial charge in [0.2, 0.25) is 0 Å². The first-order valence-corrected chi connectivity index (χ1v) is 6.72. The highest BCUT2D eigenvalue weighted by atomic mass is 19.1. The second-order valence-corrected chi connectivity index (χ2v) is 4.83. The second-order valence-electron chi connectivity index (χ2n) is 4.83. The summed E-state index contributed by atoms with van der Waals surface area (Å²) >= 11 is 0. The first-order chi connectivity index (χ1) is 10.6. The Morgan fingerprint density at radius 1 is 1.32 bits per heavy atom. The van der Waals surface area contributed by atoms with E-state index >= 15 is 0 Å². The highest BCUT2D eigenvalue weighted by Gasteiger charge is 2.22. The molecule has 0 fully saturated rings. The van der Waals surface area contributed by atoms with Gasteiger partial charge in [-0.15, -0.1) is 0 Å². The number of rotatable bonds is 4. The third kappa shape index (κ3) is 2.76. The molecule has 0 saturated carbocycles. The van der Waals surface area contributed by atoms with Crippen molar-refractivity contribution in [2.45, 2.75) is 6.04 Å². The van der Waals surface area contributed by atoms with E-state index in [2.05, 4.69) is 10.3 Å². The minimum Gasteiger partial charge on any atom is -0.459 e. The van der Waals surface area contributed by atoms with Gasteiger partial charge in [0.25, 0.3) is 5.91 Å². The summed E-state index contributed by atoms with van der Waals surface area (Å²) in [6.45, 7) is 0. The molecule has 1 N–H and O–H groups in total. The highest BCUT2D eigenvalue weighted by molar-refractivity contribution is 5.91. The number of halogens is 1. The zero-order chi connectivity index (χ0) is 15.5. The van der Waals surface area contributed by atoms with Gasteiger partial charge in [0, 0.05) is 19.4 Å². The number of furan rings is 1. The van der Waals surface area contributed by atoms with Crippen molar-refractivity contribution >= 4 is 5.91 Å². The molecule has 112 valence electrons. The summed E-state index contributed by atoms with van der Waals surface area (Å²) < 4.78 is 20.0. The van der Waals surface area contributed by atoms with Crippen LogP contribution in [0.1, 0.15) is 28.0 Å². The minimum absolute atomic E-state index is 0.210. The van der Waals surface area contributed by atoms with Crippen molar-refractivity contribution in [1.29, 1.82) is 0 Å². The predicted molar refractivity (Wildman–Crippen MR) is 77.6 cm³/mol. The molecule has 0 bridgehead atoms. The van der Waals surface area contributed by atoms with E-state index in [0.29, 0.717) is 5.82 Å². The Bertz CT molecular complexity index is 763. The number of carbonyl (C=O) groups excluding carboxylic acids is 1. The zero-order valence-corrected chi connectivity index (χ0v) is 11.9. The largest absolute Gasteiger partial charge is 0.459 e. The van der Waals surface area contributed by atoms with Crippen molar-refractivity contribution in [3.8, 4) is 0 Å². The molecule has 5 nitrogen and oxygen atoms in total. The first kappa shape index (κ1) is 14.1. The minimum atomic E-state index is -0.502. The smallest absolute Gasteiger partial charge is 0.287 e. The van der Waals surface area contributed by atoms with Crippen LogP contribution in [-0.4, -0.2) is 15.5 Å². The van der Waals surface area contributed by atoms with Gasteiger partial charge in [-0.1, -0.05) is 12.1 Å². The monoisotopic (exact) mass is 299 g/mol. The number of aromatic nitrogens is 2. The fraction of sp³-hybridized carbons (Fsp3) is 0.125. The summed E-state index contributed by atoms with van der Waals surface area (Å²) in [5.74, 6) is 0.162. The Labute approximate surface area is 126 Å². The maximum absolute atomic E-state index is 13.1. The number of imidazole rings is 1. The van der Waals surface area contributed by atoms with Crippen LogP contribution in [0.15, 0.2) is 59.5 Å². The number of nitrogens with zero attached hydrogens (tertiary/aromatic N) is 2. The van der Waals surface area contributed by atoms with Gasteiger partial charge < -0.3 is 14.3 Å². The first-order valence-electron chi connectivity index (χ1n) is 6.72. The molecule has 2 heterocycles. The van der Waals surface area contributed by atoms with E-state index in [9.17, 15) is 9.18 Å². The van der Waals surface area contributed by atoms with Crippen LogP contribution in [0.5, 0.6) is 0 Å². The van der Waals surface area contributed by atoms with E-state index in [1.807, 2.05) is 7.05 Å². The van der Waals surface area contributed by atoms with Crippen molar-refractivity contribution in [3.63, 3.8) is 0 Å². The topological polar surface area (TPSA) is 60.1 Å². The summed E-state index contributed by atoms with van der Waals surface area (Å²) in [5, 5.41) is 2.86. The molecule has 0 unspecified atom stereocenters. The Kier molecular flexibility index (Phi) is 3.74. The fourth-order valence-corrected chi connectivity index (χ4v) is 2.22. The molecule has 0 spiro atoms. The van der Waals surface area contributed by atoms with E-state index in [-0.39, 0.29) is 17.5 Å². The van der Waals surface area contributed by atoms with Crippen molar-refractivity contribution in [1.82, 2.24) is 14.9 Å². The Morgan fingerprint density at radius 2 is 2.09 bits per heavy atom. The molecule has 0 aliphatic rings. The molecule has 3 aromatic rings. The SMILES string of the molecule is Cn1ccnc1[C@@H](NC(=O)c1ccco1)c1ccc(F)cc1. The molecule has 6 heteroatoms. The molecule has 0 radical (unpaired) electrons. The van der Waals surface area contributed by atoms with Crippen molar-refractivity contribution < 1.29 is 13.6 Å². The molecular weight excluding hydrogens is 285 g/mol. The van der Waals surface area contributed by atoms with Gasteiger partial charge in [-0.3, -0.25) is 4.79 Å². The number of carbonyl (C=O) groups is 1. The molecule has 0 aliphatic carbocycles. The number of aryl methyl sites for hydroxylation is 1. The number of amides is 1. The van der Waals surface area contributed by atoms with Gasteiger partial charge in [-0.05, 0) is 29.8 Å². The van der Waals surface area contributed by atoms with E-state index < -0.39 is 6.04 Å². The summed E-state index contributed by atoms with van der Waals surface area (Å²) in [4.78, 5) is 16.5. The standard InChI is InChI=1S/C16H14FN3O2/c1-20-9-8-18-15(20)14(11-4-6-12(17)7-5-11)19-16(21)13-3-2-10-22-13/h2-10,14H,1H3,(H,19,21)/t14-/m0/s1. The Hall–Kier alpha value is -2.89. The van der Waals surface area contributed by atoms with Gasteiger partial charge in [-0.25, -0.2) is 9.37 Å². The average Bonchev–Trinajstić information content (AvgIpc) is 3.17. The van der Waals surface area contributed by atoms with Crippen LogP contribution in [0.2, 0.25) is 0 Å². The van der Waals surface area contributed by atoms with E-state index in [0.717, 1.165) is 5.56 Å². The molecule has 1 amide bonds. The van der Waals surface area contributed by atoms with Crippen molar-refractivity contribution in [2.75, 3.05) is 0 Å². The van der Waals surface area contributed by atoms with Gasteiger partial charge in [0.05, 0.1) is 6.26 Å². The Morgan fingerprint density at radius 3 is 2.68 bits per heavy atom. The lowest BCUT2D eigenvalue weighted by Crippen LogP contribution is -2.30. The van der Waals surface area contributed by atoms with Gasteiger partial charge in [-0.2, -0.15) is 0 Å². The van der Waals surface area contributed by atoms with Crippen LogP contribution in [0.4, 0.5) is 4.39 Å². The Balaban J connectivity index is 1.95. The number of hydrogen-bond donors (Lipinski definition) is 1. The van der Waals surface area contributed by atoms with Crippen molar-refractivity contribution in [2.24, 2.45) is 7.05 Å². The normalized spacial score (nSPS) is 12.1. The molecule has 3 rings (SSSR count). The number of benzene rings is 1. The molecule has 22 heavy (non-hydrogen) atoms. The summed E-state index contributed by atoms with van der Waals surface area (Å²) in [5.41, 5.74) is 0.732. The lowest BCUT2D eigenvalue weighted by atomic mass is 10.1. The van der Waals surface area contributed by atoms with Crippen LogP contribution >= 0.6 is 0 Å². The quantitative estimate of drug-likeness (QED) is 0.805. The summed E-state index contributed by atoms with van der Waals surface area (Å²) in [6, 6.07) is 8.67. The van der Waals surface area contributed by atoms with Gasteiger partial charge in [0.1, 0.15) is 17.7 Å². The summed E-state index contributed by atoms with van der Waals surface area (Å²) in [7, 11) is 1.83. The fourth-order valence-electron chi connectivity index (χ4n) is 2.22. The lowest BCUT2D eigenvalue weighted by molar-refractivity contribution is 0.0913. The lowest BCUT2D eigenvalue weighted by Gasteiger charge is -2.18. The van der Waals surface area contributed by atoms with E-state index in [4.69, 9.17) is 4.42 Å². The third-order valence-electron chi connectivity index (χ3n) is 3.34. The second kappa shape index (κ2) is 5.85. The zero-order valence-electron chi connectivity index (χ0n) is 11.9. The highest BCUT2D eigenvalue weighted by Crippen LogP contribution is 2.21. The maximum atomic E-state index is 13.1. The van der Waals surface area contributed by atoms with Crippen LogP contribution in [0, 0.1) is 5.82 Å².